The zero-order chi connectivity index (χ0) is 14.3. The summed E-state index contributed by atoms with van der Waals surface area (Å²) in [6.45, 7) is 3.82. The van der Waals surface area contributed by atoms with Gasteiger partial charge >= 0.3 is 5.97 Å². The van der Waals surface area contributed by atoms with Crippen LogP contribution in [0.4, 0.5) is 0 Å². The number of rotatable bonds is 6. The van der Waals surface area contributed by atoms with E-state index in [1.807, 2.05) is 13.8 Å². The molecule has 0 fully saturated rings. The first-order valence-electron chi connectivity index (χ1n) is 6.10. The van der Waals surface area contributed by atoms with Gasteiger partial charge in [-0.3, -0.25) is 9.78 Å². The number of aliphatic carboxylic acids is 1. The van der Waals surface area contributed by atoms with Gasteiger partial charge in [-0.15, -0.1) is 0 Å². The van der Waals surface area contributed by atoms with Gasteiger partial charge < -0.3 is 10.4 Å². The third kappa shape index (κ3) is 5.81. The minimum absolute atomic E-state index is 0.198. The molecular formula is C14H18N2O3. The van der Waals surface area contributed by atoms with E-state index in [9.17, 15) is 9.59 Å². The highest BCUT2D eigenvalue weighted by atomic mass is 16.4. The molecule has 2 N–H and O–H groups in total. The highest BCUT2D eigenvalue weighted by Gasteiger charge is 2.19. The van der Waals surface area contributed by atoms with Gasteiger partial charge in [-0.2, -0.15) is 0 Å². The van der Waals surface area contributed by atoms with E-state index < -0.39 is 17.9 Å². The van der Waals surface area contributed by atoms with Crippen molar-refractivity contribution in [1.29, 1.82) is 0 Å². The number of amides is 1. The van der Waals surface area contributed by atoms with Crippen LogP contribution in [-0.4, -0.2) is 28.0 Å². The van der Waals surface area contributed by atoms with E-state index in [0.717, 1.165) is 5.56 Å². The average molecular weight is 262 g/mol. The molecule has 1 heterocycles. The molecule has 1 amide bonds. The van der Waals surface area contributed by atoms with E-state index in [0.29, 0.717) is 6.42 Å². The monoisotopic (exact) mass is 262 g/mol. The summed E-state index contributed by atoms with van der Waals surface area (Å²) in [5, 5.41) is 11.5. The normalized spacial score (nSPS) is 12.6. The van der Waals surface area contributed by atoms with Crippen LogP contribution in [0.15, 0.2) is 30.6 Å². The molecule has 102 valence electrons. The van der Waals surface area contributed by atoms with Crippen molar-refractivity contribution in [2.45, 2.75) is 26.3 Å². The Morgan fingerprint density at radius 1 is 1.47 bits per heavy atom. The second-order valence-corrected chi connectivity index (χ2v) is 4.65. The van der Waals surface area contributed by atoms with E-state index in [-0.39, 0.29) is 5.92 Å². The summed E-state index contributed by atoms with van der Waals surface area (Å²) in [4.78, 5) is 26.5. The third-order valence-corrected chi connectivity index (χ3v) is 2.43. The lowest BCUT2D eigenvalue weighted by molar-refractivity contribution is -0.141. The number of carbonyl (C=O) groups is 2. The van der Waals surface area contributed by atoms with Gasteiger partial charge in [-0.05, 0) is 30.0 Å². The lowest BCUT2D eigenvalue weighted by Crippen LogP contribution is -2.40. The average Bonchev–Trinajstić information content (AvgIpc) is 2.36. The van der Waals surface area contributed by atoms with Crippen LogP contribution < -0.4 is 5.32 Å². The number of nitrogens with one attached hydrogen (secondary N) is 1. The van der Waals surface area contributed by atoms with Crippen LogP contribution in [0.3, 0.4) is 0 Å². The van der Waals surface area contributed by atoms with E-state index >= 15 is 0 Å². The van der Waals surface area contributed by atoms with E-state index in [4.69, 9.17) is 5.11 Å². The van der Waals surface area contributed by atoms with Crippen LogP contribution in [0.1, 0.15) is 25.8 Å². The summed E-state index contributed by atoms with van der Waals surface area (Å²) < 4.78 is 0. The highest BCUT2D eigenvalue weighted by Crippen LogP contribution is 2.05. The lowest BCUT2D eigenvalue weighted by atomic mass is 10.0. The predicted molar refractivity (Wildman–Crippen MR) is 72.3 cm³/mol. The first kappa shape index (κ1) is 14.9. The summed E-state index contributed by atoms with van der Waals surface area (Å²) in [5.74, 6) is -1.24. The van der Waals surface area contributed by atoms with Crippen LogP contribution in [0.2, 0.25) is 0 Å². The molecule has 0 aliphatic carbocycles. The molecule has 0 spiro atoms. The Morgan fingerprint density at radius 2 is 2.21 bits per heavy atom. The van der Waals surface area contributed by atoms with Crippen molar-refractivity contribution < 1.29 is 14.7 Å². The van der Waals surface area contributed by atoms with E-state index in [1.54, 1.807) is 30.6 Å². The van der Waals surface area contributed by atoms with Gasteiger partial charge in [0.05, 0.1) is 0 Å². The molecule has 0 saturated carbocycles. The fourth-order valence-electron chi connectivity index (χ4n) is 1.56. The minimum Gasteiger partial charge on any atom is -0.480 e. The zero-order valence-corrected chi connectivity index (χ0v) is 11.0. The Bertz CT molecular complexity index is 455. The van der Waals surface area contributed by atoms with Gasteiger partial charge in [0.1, 0.15) is 6.04 Å². The molecule has 0 aromatic carbocycles. The fourth-order valence-corrected chi connectivity index (χ4v) is 1.56. The highest BCUT2D eigenvalue weighted by molar-refractivity contribution is 5.94. The molecule has 1 rings (SSSR count). The molecule has 1 unspecified atom stereocenters. The number of nitrogens with zero attached hydrogens (tertiary/aromatic N) is 1. The Kier molecular flexibility index (Phi) is 5.73. The first-order valence-corrected chi connectivity index (χ1v) is 6.10. The van der Waals surface area contributed by atoms with Crippen LogP contribution in [0.5, 0.6) is 0 Å². The quantitative estimate of drug-likeness (QED) is 0.765. The fraction of sp³-hybridized carbons (Fsp3) is 0.357. The number of pyridine rings is 1. The summed E-state index contributed by atoms with van der Waals surface area (Å²) in [7, 11) is 0. The molecule has 0 bridgehead atoms. The molecule has 5 heteroatoms. The van der Waals surface area contributed by atoms with Crippen LogP contribution in [0, 0.1) is 5.92 Å². The Morgan fingerprint density at radius 3 is 2.74 bits per heavy atom. The lowest BCUT2D eigenvalue weighted by Gasteiger charge is -2.15. The predicted octanol–water partition coefficient (Wildman–Crippen LogP) is 1.71. The molecule has 0 aliphatic heterocycles. The Balaban J connectivity index is 2.58. The van der Waals surface area contributed by atoms with Gasteiger partial charge in [0.25, 0.3) is 0 Å². The van der Waals surface area contributed by atoms with Gasteiger partial charge in [-0.25, -0.2) is 4.79 Å². The van der Waals surface area contributed by atoms with Crippen molar-refractivity contribution in [1.82, 2.24) is 10.3 Å². The van der Waals surface area contributed by atoms with Crippen molar-refractivity contribution in [3.05, 3.63) is 36.2 Å². The zero-order valence-electron chi connectivity index (χ0n) is 11.0. The third-order valence-electron chi connectivity index (χ3n) is 2.43. The summed E-state index contributed by atoms with van der Waals surface area (Å²) in [6, 6.07) is 2.71. The number of carboxylic acid groups (broad SMARTS) is 1. The minimum atomic E-state index is -1.02. The van der Waals surface area contributed by atoms with Crippen molar-refractivity contribution in [3.8, 4) is 0 Å². The van der Waals surface area contributed by atoms with Gasteiger partial charge in [0.2, 0.25) is 5.91 Å². The number of hydrogen-bond acceptors (Lipinski definition) is 3. The molecule has 1 aromatic rings. The summed E-state index contributed by atoms with van der Waals surface area (Å²) in [6.07, 6.45) is 6.57. The second-order valence-electron chi connectivity index (χ2n) is 4.65. The molecule has 0 aliphatic rings. The molecular weight excluding hydrogens is 244 g/mol. The standard InChI is InChI=1S/C14H18N2O3/c1-10(2)8-12(14(18)19)16-13(17)6-5-11-4-3-7-15-9-11/h3-7,9-10,12H,8H2,1-2H3,(H,16,17)(H,18,19)/b6-5+. The first-order chi connectivity index (χ1) is 8.99. The van der Waals surface area contributed by atoms with Crippen molar-refractivity contribution in [2.75, 3.05) is 0 Å². The Labute approximate surface area is 112 Å². The maximum atomic E-state index is 11.6. The summed E-state index contributed by atoms with van der Waals surface area (Å²) >= 11 is 0. The van der Waals surface area contributed by atoms with Gasteiger partial charge in [0.15, 0.2) is 0 Å². The van der Waals surface area contributed by atoms with Crippen molar-refractivity contribution in [2.24, 2.45) is 5.92 Å². The second kappa shape index (κ2) is 7.31. The molecule has 0 radical (unpaired) electrons. The van der Waals surface area contributed by atoms with Crippen molar-refractivity contribution in [3.63, 3.8) is 0 Å². The molecule has 0 saturated heterocycles. The smallest absolute Gasteiger partial charge is 0.326 e. The maximum Gasteiger partial charge on any atom is 0.326 e. The topological polar surface area (TPSA) is 79.3 Å². The molecule has 5 nitrogen and oxygen atoms in total. The maximum absolute atomic E-state index is 11.6. The molecule has 1 atom stereocenters. The Hall–Kier alpha value is -2.17. The largest absolute Gasteiger partial charge is 0.480 e. The number of hydrogen-bond donors (Lipinski definition) is 2. The summed E-state index contributed by atoms with van der Waals surface area (Å²) in [5.41, 5.74) is 0.786. The van der Waals surface area contributed by atoms with Gasteiger partial charge in [-0.1, -0.05) is 19.9 Å². The van der Waals surface area contributed by atoms with Gasteiger partial charge in [0, 0.05) is 18.5 Å². The van der Waals surface area contributed by atoms with Crippen molar-refractivity contribution >= 4 is 18.0 Å². The SMILES string of the molecule is CC(C)CC(NC(=O)/C=C/c1cccnc1)C(=O)O. The number of carboxylic acids is 1. The van der Waals surface area contributed by atoms with E-state index in [2.05, 4.69) is 10.3 Å². The number of carbonyl (C=O) groups excluding carboxylic acids is 1. The van der Waals surface area contributed by atoms with E-state index in [1.165, 1.54) is 6.08 Å². The van der Waals surface area contributed by atoms with Crippen LogP contribution in [0.25, 0.3) is 6.08 Å². The molecule has 19 heavy (non-hydrogen) atoms. The number of aromatic nitrogens is 1. The molecule has 1 aromatic heterocycles. The van der Waals surface area contributed by atoms with Crippen LogP contribution >= 0.6 is 0 Å². The van der Waals surface area contributed by atoms with Crippen LogP contribution in [-0.2, 0) is 9.59 Å².